The van der Waals surface area contributed by atoms with E-state index in [9.17, 15) is 9.18 Å². The number of aromatic nitrogens is 1. The van der Waals surface area contributed by atoms with E-state index in [-0.39, 0.29) is 18.3 Å². The van der Waals surface area contributed by atoms with Gasteiger partial charge in [-0.3, -0.25) is 4.79 Å². The number of likely N-dealkylation sites (N-methyl/N-ethyl adjacent to an activating group) is 1. The molecule has 1 heterocycles. The standard InChI is InChI=1S/C21H24FN3O2/c1-24(2)10-11-25(14-16-6-4-5-7-18(16)22)21(26)20-12-15-8-9-17(27-3)13-19(15)23-20/h4-9,12-13,23H,10-11,14H2,1-3H3. The molecule has 0 unspecified atom stereocenters. The molecule has 0 aliphatic rings. The highest BCUT2D eigenvalue weighted by molar-refractivity contribution is 5.98. The number of amides is 1. The number of rotatable bonds is 7. The summed E-state index contributed by atoms with van der Waals surface area (Å²) in [6, 6.07) is 14.0. The number of aromatic amines is 1. The Labute approximate surface area is 158 Å². The van der Waals surface area contributed by atoms with E-state index in [1.165, 1.54) is 6.07 Å². The minimum Gasteiger partial charge on any atom is -0.497 e. The van der Waals surface area contributed by atoms with E-state index in [0.717, 1.165) is 16.7 Å². The fraction of sp³-hybridized carbons (Fsp3) is 0.286. The maximum absolute atomic E-state index is 14.1. The molecule has 1 amide bonds. The van der Waals surface area contributed by atoms with Crippen LogP contribution in [0.5, 0.6) is 5.75 Å². The average molecular weight is 369 g/mol. The second-order valence-electron chi connectivity index (χ2n) is 6.76. The highest BCUT2D eigenvalue weighted by Crippen LogP contribution is 2.22. The Morgan fingerprint density at radius 1 is 1.11 bits per heavy atom. The fourth-order valence-corrected chi connectivity index (χ4v) is 2.92. The van der Waals surface area contributed by atoms with Crippen LogP contribution >= 0.6 is 0 Å². The molecule has 0 saturated heterocycles. The number of carbonyl (C=O) groups excluding carboxylic acids is 1. The van der Waals surface area contributed by atoms with Crippen molar-refractivity contribution < 1.29 is 13.9 Å². The van der Waals surface area contributed by atoms with Crippen LogP contribution in [0.1, 0.15) is 16.1 Å². The number of benzene rings is 2. The molecule has 5 nitrogen and oxygen atoms in total. The number of methoxy groups -OCH3 is 1. The Balaban J connectivity index is 1.88. The zero-order chi connectivity index (χ0) is 19.4. The summed E-state index contributed by atoms with van der Waals surface area (Å²) in [5.74, 6) is 0.260. The fourth-order valence-electron chi connectivity index (χ4n) is 2.92. The van der Waals surface area contributed by atoms with Crippen molar-refractivity contribution in [1.29, 1.82) is 0 Å². The molecule has 3 aromatic rings. The monoisotopic (exact) mass is 369 g/mol. The normalized spacial score (nSPS) is 11.1. The Bertz CT molecular complexity index is 936. The summed E-state index contributed by atoms with van der Waals surface area (Å²) < 4.78 is 19.3. The van der Waals surface area contributed by atoms with Gasteiger partial charge in [0, 0.05) is 42.2 Å². The van der Waals surface area contributed by atoms with Crippen LogP contribution in [-0.2, 0) is 6.54 Å². The van der Waals surface area contributed by atoms with Crippen LogP contribution in [0.15, 0.2) is 48.5 Å². The summed E-state index contributed by atoms with van der Waals surface area (Å²) in [4.78, 5) is 19.9. The van der Waals surface area contributed by atoms with E-state index in [1.54, 1.807) is 30.2 Å². The van der Waals surface area contributed by atoms with E-state index in [2.05, 4.69) is 4.98 Å². The van der Waals surface area contributed by atoms with Crippen LogP contribution in [0.3, 0.4) is 0 Å². The molecule has 0 aliphatic carbocycles. The van der Waals surface area contributed by atoms with Gasteiger partial charge in [0.1, 0.15) is 17.3 Å². The third-order valence-electron chi connectivity index (χ3n) is 4.48. The Kier molecular flexibility index (Phi) is 5.76. The van der Waals surface area contributed by atoms with Gasteiger partial charge >= 0.3 is 0 Å². The first-order chi connectivity index (χ1) is 13.0. The molecule has 1 aromatic heterocycles. The number of carbonyl (C=O) groups is 1. The van der Waals surface area contributed by atoms with Crippen molar-refractivity contribution in [2.75, 3.05) is 34.3 Å². The summed E-state index contributed by atoms with van der Waals surface area (Å²) in [6.45, 7) is 1.41. The SMILES string of the molecule is COc1ccc2cc(C(=O)N(CCN(C)C)Cc3ccccc3F)[nH]c2c1. The quantitative estimate of drug-likeness (QED) is 0.693. The van der Waals surface area contributed by atoms with E-state index in [0.29, 0.717) is 24.3 Å². The minimum atomic E-state index is -0.304. The summed E-state index contributed by atoms with van der Waals surface area (Å²) in [5, 5.41) is 0.928. The first-order valence-electron chi connectivity index (χ1n) is 8.82. The molecule has 0 bridgehead atoms. The minimum absolute atomic E-state index is 0.157. The van der Waals surface area contributed by atoms with Gasteiger partial charge in [-0.15, -0.1) is 0 Å². The van der Waals surface area contributed by atoms with Crippen LogP contribution < -0.4 is 4.74 Å². The first kappa shape index (κ1) is 18.9. The topological polar surface area (TPSA) is 48.6 Å². The summed E-state index contributed by atoms with van der Waals surface area (Å²) in [7, 11) is 5.50. The lowest BCUT2D eigenvalue weighted by molar-refractivity contribution is 0.0725. The summed E-state index contributed by atoms with van der Waals surface area (Å²) in [5.41, 5.74) is 1.81. The average Bonchev–Trinajstić information content (AvgIpc) is 3.09. The molecule has 27 heavy (non-hydrogen) atoms. The van der Waals surface area contributed by atoms with Crippen molar-refractivity contribution >= 4 is 16.8 Å². The van der Waals surface area contributed by atoms with Crippen molar-refractivity contribution in [3.63, 3.8) is 0 Å². The van der Waals surface area contributed by atoms with Crippen LogP contribution in [0.4, 0.5) is 4.39 Å². The lowest BCUT2D eigenvalue weighted by Gasteiger charge is -2.24. The number of nitrogens with one attached hydrogen (secondary N) is 1. The molecule has 0 spiro atoms. The largest absolute Gasteiger partial charge is 0.497 e. The number of fused-ring (bicyclic) bond motifs is 1. The molecule has 0 fully saturated rings. The first-order valence-corrected chi connectivity index (χ1v) is 8.82. The van der Waals surface area contributed by atoms with Gasteiger partial charge in [0.25, 0.3) is 5.91 Å². The van der Waals surface area contributed by atoms with Crippen molar-refractivity contribution in [2.45, 2.75) is 6.54 Å². The van der Waals surface area contributed by atoms with Crippen LogP contribution in [0.2, 0.25) is 0 Å². The van der Waals surface area contributed by atoms with Gasteiger partial charge < -0.3 is 19.5 Å². The molecule has 142 valence electrons. The third-order valence-corrected chi connectivity index (χ3v) is 4.48. The number of halogens is 1. The number of hydrogen-bond acceptors (Lipinski definition) is 3. The molecule has 0 saturated carbocycles. The number of hydrogen-bond donors (Lipinski definition) is 1. The molecule has 0 atom stereocenters. The van der Waals surface area contributed by atoms with Crippen molar-refractivity contribution in [2.24, 2.45) is 0 Å². The van der Waals surface area contributed by atoms with Crippen molar-refractivity contribution in [3.8, 4) is 5.75 Å². The molecule has 0 aliphatic heterocycles. The maximum Gasteiger partial charge on any atom is 0.270 e. The third kappa shape index (κ3) is 4.46. The molecule has 1 N–H and O–H groups in total. The van der Waals surface area contributed by atoms with Gasteiger partial charge in [0.15, 0.2) is 0 Å². The van der Waals surface area contributed by atoms with E-state index >= 15 is 0 Å². The van der Waals surface area contributed by atoms with Crippen LogP contribution in [-0.4, -0.2) is 55.0 Å². The second-order valence-corrected chi connectivity index (χ2v) is 6.76. The maximum atomic E-state index is 14.1. The van der Waals surface area contributed by atoms with Gasteiger partial charge in [-0.05, 0) is 38.4 Å². The highest BCUT2D eigenvalue weighted by Gasteiger charge is 2.20. The van der Waals surface area contributed by atoms with E-state index in [1.807, 2.05) is 43.3 Å². The second kappa shape index (κ2) is 8.22. The van der Waals surface area contributed by atoms with E-state index < -0.39 is 0 Å². The van der Waals surface area contributed by atoms with Crippen molar-refractivity contribution in [3.05, 3.63) is 65.6 Å². The van der Waals surface area contributed by atoms with Gasteiger partial charge in [0.2, 0.25) is 0 Å². The van der Waals surface area contributed by atoms with Crippen molar-refractivity contribution in [1.82, 2.24) is 14.8 Å². The molecule has 3 rings (SSSR count). The predicted molar refractivity (Wildman–Crippen MR) is 105 cm³/mol. The summed E-state index contributed by atoms with van der Waals surface area (Å²) >= 11 is 0. The zero-order valence-corrected chi connectivity index (χ0v) is 15.8. The lowest BCUT2D eigenvalue weighted by Crippen LogP contribution is -2.36. The Morgan fingerprint density at radius 2 is 1.89 bits per heavy atom. The van der Waals surface area contributed by atoms with E-state index in [4.69, 9.17) is 4.74 Å². The Morgan fingerprint density at radius 3 is 2.59 bits per heavy atom. The number of ether oxygens (including phenoxy) is 1. The van der Waals surface area contributed by atoms with Gasteiger partial charge in [0.05, 0.1) is 7.11 Å². The highest BCUT2D eigenvalue weighted by atomic mass is 19.1. The summed E-state index contributed by atoms with van der Waals surface area (Å²) in [6.07, 6.45) is 0. The smallest absolute Gasteiger partial charge is 0.270 e. The van der Waals surface area contributed by atoms with Gasteiger partial charge in [-0.2, -0.15) is 0 Å². The molecular weight excluding hydrogens is 345 g/mol. The molecule has 0 radical (unpaired) electrons. The molecule has 6 heteroatoms. The number of H-pyrrole nitrogens is 1. The van der Waals surface area contributed by atoms with Crippen LogP contribution in [0, 0.1) is 5.82 Å². The lowest BCUT2D eigenvalue weighted by atomic mass is 10.2. The molecule has 2 aromatic carbocycles. The van der Waals surface area contributed by atoms with Gasteiger partial charge in [-0.25, -0.2) is 4.39 Å². The predicted octanol–water partition coefficient (Wildman–Crippen LogP) is 3.52. The zero-order valence-electron chi connectivity index (χ0n) is 15.8. The van der Waals surface area contributed by atoms with Gasteiger partial charge in [-0.1, -0.05) is 18.2 Å². The Hall–Kier alpha value is -2.86. The number of nitrogens with zero attached hydrogens (tertiary/aromatic N) is 2. The van der Waals surface area contributed by atoms with Crippen LogP contribution in [0.25, 0.3) is 10.9 Å². The molecular formula is C21H24FN3O2.